The van der Waals surface area contributed by atoms with Crippen LogP contribution in [0.1, 0.15) is 49.2 Å². The first kappa shape index (κ1) is 14.3. The van der Waals surface area contributed by atoms with Gasteiger partial charge in [0.25, 0.3) is 0 Å². The Balaban J connectivity index is 2.44. The zero-order chi connectivity index (χ0) is 14.4. The number of rotatable bonds is 2. The highest BCUT2D eigenvalue weighted by atomic mass is 16.7. The van der Waals surface area contributed by atoms with E-state index in [9.17, 15) is 4.79 Å². The highest BCUT2D eigenvalue weighted by molar-refractivity contribution is 6.63. The minimum atomic E-state index is -0.482. The molecule has 102 valence electrons. The number of hydrogen-bond acceptors (Lipinski definition) is 3. The first-order valence-electron chi connectivity index (χ1n) is 6.60. The molecule has 19 heavy (non-hydrogen) atoms. The number of aryl methyl sites for hydroxylation is 2. The van der Waals surface area contributed by atoms with Crippen LogP contribution in [-0.2, 0) is 9.31 Å². The van der Waals surface area contributed by atoms with Crippen molar-refractivity contribution in [2.75, 3.05) is 0 Å². The van der Waals surface area contributed by atoms with Crippen LogP contribution in [0.3, 0.4) is 0 Å². The second kappa shape index (κ2) is 4.46. The van der Waals surface area contributed by atoms with Crippen molar-refractivity contribution in [2.45, 2.75) is 52.7 Å². The van der Waals surface area contributed by atoms with E-state index in [1.54, 1.807) is 0 Å². The Labute approximate surface area is 115 Å². The van der Waals surface area contributed by atoms with E-state index in [0.717, 1.165) is 22.9 Å². The lowest BCUT2D eigenvalue weighted by Crippen LogP contribution is -2.41. The van der Waals surface area contributed by atoms with Crippen LogP contribution < -0.4 is 5.46 Å². The second-order valence-corrected chi connectivity index (χ2v) is 6.27. The van der Waals surface area contributed by atoms with Crippen LogP contribution in [0, 0.1) is 13.8 Å². The zero-order valence-electron chi connectivity index (χ0n) is 12.5. The Bertz CT molecular complexity index is 504. The molecule has 0 aromatic heterocycles. The van der Waals surface area contributed by atoms with Gasteiger partial charge in [-0.05, 0) is 64.2 Å². The van der Waals surface area contributed by atoms with Gasteiger partial charge in [-0.15, -0.1) is 0 Å². The smallest absolute Gasteiger partial charge is 0.399 e. The summed E-state index contributed by atoms with van der Waals surface area (Å²) in [6.07, 6.45) is 0.868. The van der Waals surface area contributed by atoms with E-state index in [1.165, 1.54) is 0 Å². The summed E-state index contributed by atoms with van der Waals surface area (Å²) in [7, 11) is -0.482. The average molecular weight is 260 g/mol. The van der Waals surface area contributed by atoms with Crippen LogP contribution in [0.5, 0.6) is 0 Å². The standard InChI is InChI=1S/C15H21BO3/c1-10-7-12(9-17)13(8-11(10)2)16-18-14(3,4)15(5,6)19-16/h7-9H,1-6H3. The molecule has 3 nitrogen and oxygen atoms in total. The van der Waals surface area contributed by atoms with E-state index in [-0.39, 0.29) is 0 Å². The lowest BCUT2D eigenvalue weighted by atomic mass is 9.75. The van der Waals surface area contributed by atoms with Crippen molar-refractivity contribution in [3.05, 3.63) is 28.8 Å². The van der Waals surface area contributed by atoms with Gasteiger partial charge in [0.15, 0.2) is 0 Å². The largest absolute Gasteiger partial charge is 0.495 e. The molecule has 1 aliphatic rings. The number of carbonyl (C=O) groups excluding carboxylic acids is 1. The van der Waals surface area contributed by atoms with Gasteiger partial charge in [0, 0.05) is 5.56 Å². The summed E-state index contributed by atoms with van der Waals surface area (Å²) in [5, 5.41) is 0. The van der Waals surface area contributed by atoms with Crippen LogP contribution in [0.15, 0.2) is 12.1 Å². The van der Waals surface area contributed by atoms with Crippen molar-refractivity contribution in [3.63, 3.8) is 0 Å². The maximum atomic E-state index is 11.3. The summed E-state index contributed by atoms with van der Waals surface area (Å²) in [4.78, 5) is 11.3. The fourth-order valence-electron chi connectivity index (χ4n) is 2.14. The van der Waals surface area contributed by atoms with E-state index in [0.29, 0.717) is 5.56 Å². The summed E-state index contributed by atoms with van der Waals surface area (Å²) < 4.78 is 12.0. The summed E-state index contributed by atoms with van der Waals surface area (Å²) in [5.41, 5.74) is 2.91. The van der Waals surface area contributed by atoms with Crippen molar-refractivity contribution in [1.29, 1.82) is 0 Å². The number of benzene rings is 1. The molecule has 1 aromatic carbocycles. The van der Waals surface area contributed by atoms with Gasteiger partial charge in [0.1, 0.15) is 6.29 Å². The molecule has 0 aliphatic carbocycles. The molecule has 0 radical (unpaired) electrons. The zero-order valence-corrected chi connectivity index (χ0v) is 12.5. The van der Waals surface area contributed by atoms with E-state index in [4.69, 9.17) is 9.31 Å². The molecule has 1 saturated heterocycles. The Morgan fingerprint density at radius 3 is 1.95 bits per heavy atom. The van der Waals surface area contributed by atoms with Gasteiger partial charge >= 0.3 is 7.12 Å². The SMILES string of the molecule is Cc1cc(C=O)c(B2OC(C)(C)C(C)(C)O2)cc1C. The van der Waals surface area contributed by atoms with Crippen LogP contribution in [-0.4, -0.2) is 24.6 Å². The molecule has 1 aromatic rings. The lowest BCUT2D eigenvalue weighted by Gasteiger charge is -2.32. The van der Waals surface area contributed by atoms with Crippen LogP contribution in [0.25, 0.3) is 0 Å². The van der Waals surface area contributed by atoms with Gasteiger partial charge in [-0.2, -0.15) is 0 Å². The molecule has 0 atom stereocenters. The van der Waals surface area contributed by atoms with E-state index < -0.39 is 18.3 Å². The third kappa shape index (κ3) is 2.35. The summed E-state index contributed by atoms with van der Waals surface area (Å²) in [5.74, 6) is 0. The summed E-state index contributed by atoms with van der Waals surface area (Å²) in [6.45, 7) is 12.1. The molecule has 0 amide bonds. The van der Waals surface area contributed by atoms with E-state index in [2.05, 4.69) is 0 Å². The molecule has 0 bridgehead atoms. The van der Waals surface area contributed by atoms with Crippen LogP contribution in [0.4, 0.5) is 0 Å². The van der Waals surface area contributed by atoms with Crippen molar-refractivity contribution in [3.8, 4) is 0 Å². The van der Waals surface area contributed by atoms with Gasteiger partial charge in [0.05, 0.1) is 11.2 Å². The van der Waals surface area contributed by atoms with Crippen molar-refractivity contribution in [2.24, 2.45) is 0 Å². The fourth-order valence-corrected chi connectivity index (χ4v) is 2.14. The quantitative estimate of drug-likeness (QED) is 0.605. The molecule has 0 N–H and O–H groups in total. The Hall–Kier alpha value is -1.13. The van der Waals surface area contributed by atoms with Crippen LogP contribution >= 0.6 is 0 Å². The molecule has 0 unspecified atom stereocenters. The lowest BCUT2D eigenvalue weighted by molar-refractivity contribution is 0.00578. The minimum absolute atomic E-state index is 0.392. The van der Waals surface area contributed by atoms with Crippen molar-refractivity contribution < 1.29 is 14.1 Å². The van der Waals surface area contributed by atoms with Gasteiger partial charge < -0.3 is 9.31 Å². The molecule has 1 heterocycles. The average Bonchev–Trinajstić information content (AvgIpc) is 2.51. The van der Waals surface area contributed by atoms with Gasteiger partial charge in [-0.3, -0.25) is 4.79 Å². The Kier molecular flexibility index (Phi) is 3.35. The topological polar surface area (TPSA) is 35.5 Å². The monoisotopic (exact) mass is 260 g/mol. The number of hydrogen-bond donors (Lipinski definition) is 0. The maximum Gasteiger partial charge on any atom is 0.495 e. The molecular formula is C15H21BO3. The maximum absolute atomic E-state index is 11.3. The molecule has 1 aliphatic heterocycles. The highest BCUT2D eigenvalue weighted by Gasteiger charge is 2.52. The minimum Gasteiger partial charge on any atom is -0.399 e. The van der Waals surface area contributed by atoms with Gasteiger partial charge in [-0.25, -0.2) is 0 Å². The normalized spacial score (nSPS) is 20.6. The van der Waals surface area contributed by atoms with E-state index >= 15 is 0 Å². The van der Waals surface area contributed by atoms with Crippen LogP contribution in [0.2, 0.25) is 0 Å². The Morgan fingerprint density at radius 1 is 1.00 bits per heavy atom. The summed E-state index contributed by atoms with van der Waals surface area (Å²) >= 11 is 0. The fraction of sp³-hybridized carbons (Fsp3) is 0.533. The molecule has 4 heteroatoms. The molecular weight excluding hydrogens is 239 g/mol. The number of carbonyl (C=O) groups is 1. The third-order valence-electron chi connectivity index (χ3n) is 4.33. The first-order valence-corrected chi connectivity index (χ1v) is 6.60. The molecule has 1 fully saturated rings. The predicted octanol–water partition coefficient (Wildman–Crippen LogP) is 2.42. The van der Waals surface area contributed by atoms with Gasteiger partial charge in [0.2, 0.25) is 0 Å². The second-order valence-electron chi connectivity index (χ2n) is 6.27. The van der Waals surface area contributed by atoms with E-state index in [1.807, 2.05) is 53.7 Å². The number of aldehydes is 1. The highest BCUT2D eigenvalue weighted by Crippen LogP contribution is 2.36. The Morgan fingerprint density at radius 2 is 1.47 bits per heavy atom. The molecule has 2 rings (SSSR count). The van der Waals surface area contributed by atoms with Crippen molar-refractivity contribution >= 4 is 18.9 Å². The van der Waals surface area contributed by atoms with Gasteiger partial charge in [-0.1, -0.05) is 6.07 Å². The molecule has 0 saturated carbocycles. The predicted molar refractivity (Wildman–Crippen MR) is 77.0 cm³/mol. The summed E-state index contributed by atoms with van der Waals surface area (Å²) in [6, 6.07) is 3.88. The first-order chi connectivity index (χ1) is 8.68. The third-order valence-corrected chi connectivity index (χ3v) is 4.33. The molecule has 0 spiro atoms. The van der Waals surface area contributed by atoms with Crippen molar-refractivity contribution in [1.82, 2.24) is 0 Å².